The first-order valence-corrected chi connectivity index (χ1v) is 5.80. The van der Waals surface area contributed by atoms with Crippen LogP contribution in [0.1, 0.15) is 0 Å². The Labute approximate surface area is 61.6 Å². The maximum atomic E-state index is 8.46. The molecule has 0 aromatic heterocycles. The van der Waals surface area contributed by atoms with E-state index in [1.54, 1.807) is 0 Å². The molecule has 0 aliphatic rings. The monoisotopic (exact) mass is 201 g/mol. The van der Waals surface area contributed by atoms with Crippen molar-refractivity contribution in [1.29, 1.82) is 0 Å². The van der Waals surface area contributed by atoms with Crippen molar-refractivity contribution in [2.75, 3.05) is 0 Å². The molecule has 0 fully saturated rings. The summed E-state index contributed by atoms with van der Waals surface area (Å²) in [4.78, 5) is 40.9. The van der Waals surface area contributed by atoms with Crippen LogP contribution in [0.5, 0.6) is 0 Å². The lowest BCUT2D eigenvalue weighted by Gasteiger charge is -2.06. The molecule has 7 nitrogen and oxygen atoms in total. The van der Waals surface area contributed by atoms with Gasteiger partial charge in [-0.1, -0.05) is 0 Å². The Kier molecular flexibility index (Phi) is 5.27. The van der Waals surface area contributed by atoms with Crippen LogP contribution in [0.3, 0.4) is 0 Å². The van der Waals surface area contributed by atoms with E-state index in [0.29, 0.717) is 0 Å². The summed E-state index contributed by atoms with van der Waals surface area (Å²) >= 11 is 0. The Morgan fingerprint density at radius 3 is 1.20 bits per heavy atom. The van der Waals surface area contributed by atoms with Crippen LogP contribution in [0, 0.1) is 0 Å². The molecule has 59 valence electrons. The molecule has 0 aromatic rings. The predicted molar refractivity (Wildman–Crippen MR) is 30.5 cm³/mol. The van der Waals surface area contributed by atoms with Crippen molar-refractivity contribution >= 4 is 28.6 Å². The van der Waals surface area contributed by atoms with Crippen molar-refractivity contribution in [2.45, 2.75) is 0 Å². The molecular weight excluding hydrogens is 196 g/mol. The minimum Gasteiger partial charge on any atom is -0.388 e. The number of rotatable bonds is 4. The van der Waals surface area contributed by atoms with E-state index in [4.69, 9.17) is 24.0 Å². The third kappa shape index (κ3) is 6.49. The zero-order valence-electron chi connectivity index (χ0n) is 4.55. The number of hydrogen-bond acceptors (Lipinski definition) is 7. The van der Waals surface area contributed by atoms with E-state index in [0.717, 1.165) is 0 Å². The lowest BCUT2D eigenvalue weighted by atomic mass is 15.6. The maximum absolute atomic E-state index is 8.46. The highest BCUT2D eigenvalue weighted by atomic mass is 28.4. The van der Waals surface area contributed by atoms with E-state index in [1.807, 2.05) is 0 Å². The van der Waals surface area contributed by atoms with Gasteiger partial charge in [0, 0.05) is 0 Å². The average Bonchev–Trinajstić information content (AvgIpc) is 1.58. The van der Waals surface area contributed by atoms with Crippen LogP contribution in [0.2, 0.25) is 0 Å². The Morgan fingerprint density at radius 1 is 0.700 bits per heavy atom. The van der Waals surface area contributed by atoms with Gasteiger partial charge < -0.3 is 32.2 Å². The fraction of sp³-hybridized carbons (Fsp3) is 0. The Balaban J connectivity index is 3.34. The van der Waals surface area contributed by atoms with Crippen LogP contribution in [0.4, 0.5) is 0 Å². The molecule has 3 radical (unpaired) electrons. The lowest BCUT2D eigenvalue weighted by Crippen LogP contribution is -2.37. The maximum Gasteiger partial charge on any atom is 0.563 e. The van der Waals surface area contributed by atoms with Gasteiger partial charge in [0.2, 0.25) is 0 Å². The SMILES string of the molecule is O[Si](O)O[Si](O)O[Si](O)O. The van der Waals surface area contributed by atoms with E-state index < -0.39 is 28.6 Å². The quantitative estimate of drug-likeness (QED) is 0.293. The van der Waals surface area contributed by atoms with Crippen molar-refractivity contribution in [3.05, 3.63) is 0 Å². The third-order valence-corrected chi connectivity index (χ3v) is 3.21. The van der Waals surface area contributed by atoms with Crippen LogP contribution in [0.25, 0.3) is 0 Å². The zero-order valence-corrected chi connectivity index (χ0v) is 7.55. The first-order valence-electron chi connectivity index (χ1n) is 1.93. The van der Waals surface area contributed by atoms with Gasteiger partial charge in [-0.3, -0.25) is 0 Å². The summed E-state index contributed by atoms with van der Waals surface area (Å²) in [7, 11) is -8.93. The second-order valence-electron chi connectivity index (χ2n) is 1.04. The van der Waals surface area contributed by atoms with Crippen LogP contribution < -0.4 is 0 Å². The minimum absolute atomic E-state index is 2.90. The van der Waals surface area contributed by atoms with E-state index in [9.17, 15) is 0 Å². The molecule has 5 N–H and O–H groups in total. The van der Waals surface area contributed by atoms with Gasteiger partial charge in [0.15, 0.2) is 0 Å². The van der Waals surface area contributed by atoms with Crippen LogP contribution in [-0.2, 0) is 8.23 Å². The van der Waals surface area contributed by atoms with Gasteiger partial charge in [-0.15, -0.1) is 0 Å². The topological polar surface area (TPSA) is 120 Å². The van der Waals surface area contributed by atoms with Crippen LogP contribution in [-0.4, -0.2) is 52.6 Å². The summed E-state index contributed by atoms with van der Waals surface area (Å²) in [5.41, 5.74) is 0. The Hall–Kier alpha value is 0.371. The molecule has 0 rings (SSSR count). The molecule has 10 heavy (non-hydrogen) atoms. The van der Waals surface area contributed by atoms with Crippen molar-refractivity contribution in [3.8, 4) is 0 Å². The van der Waals surface area contributed by atoms with Crippen molar-refractivity contribution < 1.29 is 32.2 Å². The van der Waals surface area contributed by atoms with E-state index >= 15 is 0 Å². The largest absolute Gasteiger partial charge is 0.563 e. The molecule has 0 bridgehead atoms. The van der Waals surface area contributed by atoms with Crippen molar-refractivity contribution in [1.82, 2.24) is 0 Å². The average molecular weight is 201 g/mol. The van der Waals surface area contributed by atoms with Gasteiger partial charge in [-0.25, -0.2) is 0 Å². The second-order valence-corrected chi connectivity index (χ2v) is 4.33. The summed E-state index contributed by atoms with van der Waals surface area (Å²) in [6.07, 6.45) is 0. The molecule has 0 saturated carbocycles. The first-order chi connectivity index (χ1) is 4.52. The minimum atomic E-state index is -3.01. The fourth-order valence-electron chi connectivity index (χ4n) is 0.177. The predicted octanol–water partition coefficient (Wildman–Crippen LogP) is -4.06. The smallest absolute Gasteiger partial charge is 0.388 e. The third-order valence-electron chi connectivity index (χ3n) is 0.357. The second kappa shape index (κ2) is 5.08. The lowest BCUT2D eigenvalue weighted by molar-refractivity contribution is 0.185. The standard InChI is InChI=1S/H5O7Si3/c1-8(2)6-10(5)7-9(3)4/h1-5H. The molecule has 0 aliphatic heterocycles. The van der Waals surface area contributed by atoms with Gasteiger partial charge in [-0.2, -0.15) is 0 Å². The Bertz CT molecular complexity index is 70.9. The summed E-state index contributed by atoms with van der Waals surface area (Å²) in [6.45, 7) is 0. The van der Waals surface area contributed by atoms with Gasteiger partial charge in [0.1, 0.15) is 0 Å². The van der Waals surface area contributed by atoms with E-state index in [2.05, 4.69) is 8.23 Å². The molecule has 0 atom stereocenters. The summed E-state index contributed by atoms with van der Waals surface area (Å²) in [5.74, 6) is 0. The summed E-state index contributed by atoms with van der Waals surface area (Å²) in [6, 6.07) is 0. The highest BCUT2D eigenvalue weighted by Crippen LogP contribution is 1.85. The van der Waals surface area contributed by atoms with E-state index in [1.165, 1.54) is 0 Å². The molecule has 0 amide bonds. The summed E-state index contributed by atoms with van der Waals surface area (Å²) < 4.78 is 7.83. The van der Waals surface area contributed by atoms with Gasteiger partial charge in [0.05, 0.1) is 0 Å². The van der Waals surface area contributed by atoms with Crippen molar-refractivity contribution in [2.24, 2.45) is 0 Å². The molecule has 0 aromatic carbocycles. The van der Waals surface area contributed by atoms with Gasteiger partial charge in [0.25, 0.3) is 0 Å². The van der Waals surface area contributed by atoms with Gasteiger partial charge >= 0.3 is 28.6 Å². The van der Waals surface area contributed by atoms with Crippen LogP contribution in [0.15, 0.2) is 0 Å². The normalized spacial score (nSPS) is 12.0. The van der Waals surface area contributed by atoms with Crippen LogP contribution >= 0.6 is 0 Å². The summed E-state index contributed by atoms with van der Waals surface area (Å²) in [5, 5.41) is 0. The molecule has 0 unspecified atom stereocenters. The molecule has 10 heteroatoms. The molecule has 0 heterocycles. The first kappa shape index (κ1) is 10.4. The highest BCUT2D eigenvalue weighted by Gasteiger charge is 2.25. The molecular formula is H5O7Si3. The Morgan fingerprint density at radius 2 is 1.00 bits per heavy atom. The molecule has 0 aliphatic carbocycles. The molecule has 0 saturated heterocycles. The van der Waals surface area contributed by atoms with Gasteiger partial charge in [-0.05, 0) is 0 Å². The van der Waals surface area contributed by atoms with Crippen molar-refractivity contribution in [3.63, 3.8) is 0 Å². The number of hydrogen-bond donors (Lipinski definition) is 5. The molecule has 0 spiro atoms. The zero-order chi connectivity index (χ0) is 8.15. The highest BCUT2D eigenvalue weighted by molar-refractivity contribution is 6.55. The van der Waals surface area contributed by atoms with E-state index in [-0.39, 0.29) is 0 Å². The fourth-order valence-corrected chi connectivity index (χ4v) is 1.97.